The monoisotopic (exact) mass is 484 g/mol. The smallest absolute Gasteiger partial charge is 0.00104 e. The molecule has 0 heterocycles. The lowest BCUT2D eigenvalue weighted by molar-refractivity contribution is 1.13. The van der Waals surface area contributed by atoms with Crippen LogP contribution in [0, 0.1) is 0 Å². The molecule has 180 valence electrons. The Morgan fingerprint density at radius 1 is 0.474 bits per heavy atom. The van der Waals surface area contributed by atoms with E-state index in [0.717, 1.165) is 19.3 Å². The zero-order valence-electron chi connectivity index (χ0n) is 21.6. The predicted octanol–water partition coefficient (Wildman–Crippen LogP) is 10.0. The van der Waals surface area contributed by atoms with Crippen LogP contribution in [0.5, 0.6) is 0 Å². The summed E-state index contributed by atoms with van der Waals surface area (Å²) in [6, 6.07) is 43.3. The first-order valence-corrected chi connectivity index (χ1v) is 13.8. The minimum absolute atomic E-state index is 0.941. The maximum absolute atomic E-state index is 2.48. The molecular weight excluding hydrogens is 456 g/mol. The summed E-state index contributed by atoms with van der Waals surface area (Å²) in [5, 5.41) is 10.9. The van der Waals surface area contributed by atoms with Crippen LogP contribution in [0.25, 0.3) is 54.2 Å². The van der Waals surface area contributed by atoms with Gasteiger partial charge in [-0.1, -0.05) is 104 Å². The Kier molecular flexibility index (Phi) is 4.73. The number of fused-ring (bicyclic) bond motifs is 9. The first kappa shape index (κ1) is 21.6. The van der Waals surface area contributed by atoms with E-state index in [0.29, 0.717) is 0 Å². The van der Waals surface area contributed by atoms with Crippen LogP contribution in [0.3, 0.4) is 0 Å². The summed E-state index contributed by atoms with van der Waals surface area (Å²) < 4.78 is 0. The average molecular weight is 485 g/mol. The molecule has 8 rings (SSSR count). The molecule has 0 amide bonds. The lowest BCUT2D eigenvalue weighted by Crippen LogP contribution is -1.97. The van der Waals surface area contributed by atoms with Crippen molar-refractivity contribution in [3.63, 3.8) is 0 Å². The van der Waals surface area contributed by atoms with Crippen LogP contribution in [0.2, 0.25) is 0 Å². The SMILES string of the molecule is CCc1cc2c3ccccc3c(Cc3cccc4c3Cc3cc5ccccc5cc3-4)cc2c2ccccc12. The highest BCUT2D eigenvalue weighted by molar-refractivity contribution is 6.19. The second kappa shape index (κ2) is 8.30. The molecule has 0 N–H and O–H groups in total. The second-order valence-corrected chi connectivity index (χ2v) is 10.8. The summed E-state index contributed by atoms with van der Waals surface area (Å²) in [6.07, 6.45) is 3.00. The van der Waals surface area contributed by atoms with Gasteiger partial charge in [0.2, 0.25) is 0 Å². The maximum atomic E-state index is 2.48. The van der Waals surface area contributed by atoms with Gasteiger partial charge in [-0.2, -0.15) is 0 Å². The molecule has 0 heteroatoms. The maximum Gasteiger partial charge on any atom is -0.00104 e. The molecule has 1 aliphatic carbocycles. The summed E-state index contributed by atoms with van der Waals surface area (Å²) >= 11 is 0. The molecule has 0 nitrogen and oxygen atoms in total. The molecule has 0 unspecified atom stereocenters. The third kappa shape index (κ3) is 3.17. The van der Waals surface area contributed by atoms with Crippen LogP contribution < -0.4 is 0 Å². The van der Waals surface area contributed by atoms with Gasteiger partial charge in [0.05, 0.1) is 0 Å². The summed E-state index contributed by atoms with van der Waals surface area (Å²) in [6.45, 7) is 2.27. The van der Waals surface area contributed by atoms with Crippen LogP contribution in [-0.4, -0.2) is 0 Å². The first-order chi connectivity index (χ1) is 18.8. The quantitative estimate of drug-likeness (QED) is 0.219. The summed E-state index contributed by atoms with van der Waals surface area (Å²) in [5.41, 5.74) is 10.0. The molecule has 0 radical (unpaired) electrons. The van der Waals surface area contributed by atoms with Gasteiger partial charge < -0.3 is 0 Å². The van der Waals surface area contributed by atoms with E-state index in [2.05, 4.69) is 122 Å². The molecule has 7 aromatic rings. The fourth-order valence-electron chi connectivity index (χ4n) is 6.88. The van der Waals surface area contributed by atoms with Crippen molar-refractivity contribution in [2.75, 3.05) is 0 Å². The Balaban J connectivity index is 1.33. The standard InChI is InChI=1S/C38H28/c1-2-24-20-37-33-16-8-6-14-31(33)28(23-38(37)32-15-7-5-13-30(24)32)19-27-12-9-17-34-35(27)22-29-18-25-10-3-4-11-26(25)21-36(29)34/h3-18,20-21,23H,2,19,22H2,1H3. The fourth-order valence-corrected chi connectivity index (χ4v) is 6.88. The minimum atomic E-state index is 0.941. The van der Waals surface area contributed by atoms with Gasteiger partial charge in [0.1, 0.15) is 0 Å². The molecule has 1 aliphatic rings. The topological polar surface area (TPSA) is 0 Å². The van der Waals surface area contributed by atoms with Crippen molar-refractivity contribution >= 4 is 43.1 Å². The van der Waals surface area contributed by atoms with E-state index in [1.54, 1.807) is 0 Å². The zero-order valence-corrected chi connectivity index (χ0v) is 21.6. The number of aryl methyl sites for hydroxylation is 1. The van der Waals surface area contributed by atoms with Crippen molar-refractivity contribution in [1.82, 2.24) is 0 Å². The minimum Gasteiger partial charge on any atom is -0.0616 e. The second-order valence-electron chi connectivity index (χ2n) is 10.8. The Morgan fingerprint density at radius 3 is 1.79 bits per heavy atom. The van der Waals surface area contributed by atoms with E-state index in [9.17, 15) is 0 Å². The summed E-state index contributed by atoms with van der Waals surface area (Å²) in [5.74, 6) is 0. The Bertz CT molecular complexity index is 2060. The van der Waals surface area contributed by atoms with Crippen LogP contribution >= 0.6 is 0 Å². The third-order valence-electron chi connectivity index (χ3n) is 8.72. The molecule has 0 aliphatic heterocycles. The highest BCUT2D eigenvalue weighted by Gasteiger charge is 2.22. The third-order valence-corrected chi connectivity index (χ3v) is 8.72. The van der Waals surface area contributed by atoms with Crippen molar-refractivity contribution in [2.24, 2.45) is 0 Å². The number of hydrogen-bond donors (Lipinski definition) is 0. The van der Waals surface area contributed by atoms with Gasteiger partial charge >= 0.3 is 0 Å². The molecule has 7 aromatic carbocycles. The fraction of sp³-hybridized carbons (Fsp3) is 0.105. The largest absolute Gasteiger partial charge is 0.0616 e. The Hall–Kier alpha value is -4.42. The Labute approximate surface area is 223 Å². The van der Waals surface area contributed by atoms with E-state index in [-0.39, 0.29) is 0 Å². The highest BCUT2D eigenvalue weighted by atomic mass is 14.3. The molecule has 0 spiro atoms. The molecule has 0 bridgehead atoms. The van der Waals surface area contributed by atoms with Crippen LogP contribution in [0.4, 0.5) is 0 Å². The number of rotatable bonds is 3. The zero-order chi connectivity index (χ0) is 25.2. The van der Waals surface area contributed by atoms with Crippen molar-refractivity contribution < 1.29 is 0 Å². The molecule has 0 saturated carbocycles. The van der Waals surface area contributed by atoms with E-state index >= 15 is 0 Å². The molecule has 0 aromatic heterocycles. The van der Waals surface area contributed by atoms with E-state index < -0.39 is 0 Å². The van der Waals surface area contributed by atoms with Crippen molar-refractivity contribution in [1.29, 1.82) is 0 Å². The first-order valence-electron chi connectivity index (χ1n) is 13.8. The lowest BCUT2D eigenvalue weighted by atomic mass is 9.88. The molecular formula is C38H28. The van der Waals surface area contributed by atoms with Gasteiger partial charge in [0, 0.05) is 0 Å². The van der Waals surface area contributed by atoms with Crippen molar-refractivity contribution in [2.45, 2.75) is 26.2 Å². The van der Waals surface area contributed by atoms with Crippen LogP contribution in [-0.2, 0) is 19.3 Å². The molecule has 0 atom stereocenters. The van der Waals surface area contributed by atoms with Gasteiger partial charge in [-0.15, -0.1) is 0 Å². The van der Waals surface area contributed by atoms with Gasteiger partial charge in [-0.3, -0.25) is 0 Å². The molecule has 0 fully saturated rings. The van der Waals surface area contributed by atoms with E-state index in [1.165, 1.54) is 82.0 Å². The van der Waals surface area contributed by atoms with Gasteiger partial charge in [-0.25, -0.2) is 0 Å². The highest BCUT2D eigenvalue weighted by Crippen LogP contribution is 2.42. The van der Waals surface area contributed by atoms with Crippen molar-refractivity contribution in [3.05, 3.63) is 143 Å². The average Bonchev–Trinajstić information content (AvgIpc) is 3.34. The number of hydrogen-bond acceptors (Lipinski definition) is 0. The summed E-state index contributed by atoms with van der Waals surface area (Å²) in [7, 11) is 0. The van der Waals surface area contributed by atoms with Crippen molar-refractivity contribution in [3.8, 4) is 11.1 Å². The molecule has 38 heavy (non-hydrogen) atoms. The Morgan fingerprint density at radius 2 is 1.08 bits per heavy atom. The number of benzene rings is 7. The van der Waals surface area contributed by atoms with Crippen LogP contribution in [0.1, 0.15) is 34.7 Å². The normalized spacial score (nSPS) is 12.4. The van der Waals surface area contributed by atoms with Gasteiger partial charge in [-0.05, 0) is 119 Å². The van der Waals surface area contributed by atoms with Crippen LogP contribution in [0.15, 0.2) is 115 Å². The summed E-state index contributed by atoms with van der Waals surface area (Å²) in [4.78, 5) is 0. The lowest BCUT2D eigenvalue weighted by Gasteiger charge is -2.16. The van der Waals surface area contributed by atoms with E-state index in [1.807, 2.05) is 0 Å². The van der Waals surface area contributed by atoms with Gasteiger partial charge in [0.25, 0.3) is 0 Å². The predicted molar refractivity (Wildman–Crippen MR) is 163 cm³/mol. The molecule has 0 saturated heterocycles. The van der Waals surface area contributed by atoms with E-state index in [4.69, 9.17) is 0 Å². The van der Waals surface area contributed by atoms with Gasteiger partial charge in [0.15, 0.2) is 0 Å².